The van der Waals surface area contributed by atoms with Gasteiger partial charge in [0.25, 0.3) is 0 Å². The summed E-state index contributed by atoms with van der Waals surface area (Å²) in [6.07, 6.45) is 1.19. The summed E-state index contributed by atoms with van der Waals surface area (Å²) >= 11 is 5.82. The molecule has 1 heterocycles. The molecule has 30 heavy (non-hydrogen) atoms. The van der Waals surface area contributed by atoms with E-state index >= 15 is 0 Å². The van der Waals surface area contributed by atoms with Gasteiger partial charge in [0.1, 0.15) is 11.5 Å². The second-order valence-electron chi connectivity index (χ2n) is 6.28. The van der Waals surface area contributed by atoms with Gasteiger partial charge in [0.05, 0.1) is 12.8 Å². The summed E-state index contributed by atoms with van der Waals surface area (Å²) in [5.41, 5.74) is 2.46. The van der Waals surface area contributed by atoms with E-state index in [-0.39, 0.29) is 18.3 Å². The fourth-order valence-corrected chi connectivity index (χ4v) is 2.28. The van der Waals surface area contributed by atoms with Crippen LogP contribution >= 0.6 is 11.6 Å². The van der Waals surface area contributed by atoms with E-state index in [1.807, 2.05) is 0 Å². The molecule has 0 unspecified atom stereocenters. The zero-order valence-corrected chi connectivity index (χ0v) is 16.9. The summed E-state index contributed by atoms with van der Waals surface area (Å²) < 4.78 is 5.39. The lowest BCUT2D eigenvalue weighted by Crippen LogP contribution is -2.41. The van der Waals surface area contributed by atoms with Gasteiger partial charge in [-0.2, -0.15) is 5.10 Å². The molecule has 0 aliphatic heterocycles. The number of nitrogens with one attached hydrogen (secondary N) is 4. The van der Waals surface area contributed by atoms with E-state index < -0.39 is 23.6 Å². The molecule has 4 amide bonds. The number of furan rings is 1. The summed E-state index contributed by atoms with van der Waals surface area (Å²) in [6, 6.07) is 9.31. The lowest BCUT2D eigenvalue weighted by Gasteiger charge is -2.06. The Labute approximate surface area is 177 Å². The van der Waals surface area contributed by atoms with Gasteiger partial charge in [-0.05, 0) is 44.2 Å². The minimum Gasteiger partial charge on any atom is -0.458 e. The SMILES string of the molecule is CC(C)NC(=O)C(=O)N/N=C/c1ccc(CNC(=O)C(=O)Nc2cccc(Cl)c2)o1. The molecular weight excluding hydrogens is 414 g/mol. The number of hydrogen-bond acceptors (Lipinski definition) is 6. The normalized spacial score (nSPS) is 10.7. The zero-order chi connectivity index (χ0) is 22.1. The lowest BCUT2D eigenvalue weighted by atomic mass is 10.3. The number of carbonyl (C=O) groups excluding carboxylic acids is 4. The van der Waals surface area contributed by atoms with E-state index in [0.29, 0.717) is 16.5 Å². The molecule has 0 bridgehead atoms. The average molecular weight is 434 g/mol. The number of amides is 4. The van der Waals surface area contributed by atoms with Crippen LogP contribution < -0.4 is 21.4 Å². The van der Waals surface area contributed by atoms with Crippen molar-refractivity contribution in [2.24, 2.45) is 5.10 Å². The van der Waals surface area contributed by atoms with Crippen molar-refractivity contribution in [1.82, 2.24) is 16.1 Å². The van der Waals surface area contributed by atoms with Gasteiger partial charge in [-0.15, -0.1) is 0 Å². The van der Waals surface area contributed by atoms with Crippen LogP contribution in [0.25, 0.3) is 0 Å². The number of benzene rings is 1. The van der Waals surface area contributed by atoms with Gasteiger partial charge in [0, 0.05) is 16.8 Å². The first-order valence-electron chi connectivity index (χ1n) is 8.82. The third kappa shape index (κ3) is 7.40. The number of hydrazone groups is 1. The molecule has 0 atom stereocenters. The molecule has 4 N–H and O–H groups in total. The van der Waals surface area contributed by atoms with Crippen molar-refractivity contribution < 1.29 is 23.6 Å². The van der Waals surface area contributed by atoms with Crippen molar-refractivity contribution in [1.29, 1.82) is 0 Å². The Hall–Kier alpha value is -3.66. The number of anilines is 1. The first-order chi connectivity index (χ1) is 14.2. The number of carbonyl (C=O) groups is 4. The molecule has 0 radical (unpaired) electrons. The van der Waals surface area contributed by atoms with Crippen LogP contribution in [0.5, 0.6) is 0 Å². The molecule has 10 nitrogen and oxygen atoms in total. The van der Waals surface area contributed by atoms with E-state index in [0.717, 1.165) is 0 Å². The van der Waals surface area contributed by atoms with E-state index in [2.05, 4.69) is 26.5 Å². The summed E-state index contributed by atoms with van der Waals surface area (Å²) in [4.78, 5) is 46.7. The molecule has 0 saturated heterocycles. The largest absolute Gasteiger partial charge is 0.458 e. The number of rotatable bonds is 6. The first kappa shape index (κ1) is 22.6. The van der Waals surface area contributed by atoms with Crippen LogP contribution in [0.1, 0.15) is 25.4 Å². The van der Waals surface area contributed by atoms with E-state index in [1.54, 1.807) is 38.1 Å². The maximum absolute atomic E-state index is 11.9. The summed E-state index contributed by atoms with van der Waals surface area (Å²) in [6.45, 7) is 3.40. The number of nitrogens with zero attached hydrogens (tertiary/aromatic N) is 1. The summed E-state index contributed by atoms with van der Waals surface area (Å²) in [5, 5.41) is 11.3. The second-order valence-corrected chi connectivity index (χ2v) is 6.71. The van der Waals surface area contributed by atoms with E-state index in [9.17, 15) is 19.2 Å². The fourth-order valence-electron chi connectivity index (χ4n) is 2.09. The fraction of sp³-hybridized carbons (Fsp3) is 0.211. The third-order valence-corrected chi connectivity index (χ3v) is 3.61. The molecular formula is C19H20ClN5O5. The molecule has 0 aliphatic rings. The van der Waals surface area contributed by atoms with Crippen molar-refractivity contribution in [3.05, 3.63) is 52.9 Å². The van der Waals surface area contributed by atoms with Crippen LogP contribution in [0.2, 0.25) is 5.02 Å². The zero-order valence-electron chi connectivity index (χ0n) is 16.2. The minimum atomic E-state index is -0.912. The van der Waals surface area contributed by atoms with Crippen LogP contribution in [0.3, 0.4) is 0 Å². The number of halogens is 1. The molecule has 0 aliphatic carbocycles. The molecule has 0 fully saturated rings. The van der Waals surface area contributed by atoms with Crippen LogP contribution in [0, 0.1) is 0 Å². The Bertz CT molecular complexity index is 970. The molecule has 0 saturated carbocycles. The van der Waals surface area contributed by atoms with Gasteiger partial charge in [-0.1, -0.05) is 17.7 Å². The Morgan fingerprint density at radius 1 is 1.07 bits per heavy atom. The van der Waals surface area contributed by atoms with E-state index in [4.69, 9.17) is 16.0 Å². The van der Waals surface area contributed by atoms with Crippen LogP contribution in [-0.2, 0) is 25.7 Å². The van der Waals surface area contributed by atoms with Gasteiger partial charge in [0.15, 0.2) is 0 Å². The Kier molecular flexibility index (Phi) is 8.12. The van der Waals surface area contributed by atoms with Gasteiger partial charge in [-0.25, -0.2) is 5.43 Å². The molecule has 158 valence electrons. The Morgan fingerprint density at radius 3 is 2.53 bits per heavy atom. The molecule has 11 heteroatoms. The van der Waals surface area contributed by atoms with Gasteiger partial charge >= 0.3 is 23.6 Å². The van der Waals surface area contributed by atoms with Gasteiger partial charge in [0.2, 0.25) is 0 Å². The highest BCUT2D eigenvalue weighted by molar-refractivity contribution is 6.39. The van der Waals surface area contributed by atoms with Crippen LogP contribution in [0.15, 0.2) is 45.9 Å². The Morgan fingerprint density at radius 2 is 1.83 bits per heavy atom. The quantitative estimate of drug-likeness (QED) is 0.307. The minimum absolute atomic E-state index is 0.0429. The maximum atomic E-state index is 11.9. The van der Waals surface area contributed by atoms with Crippen LogP contribution in [-0.4, -0.2) is 35.9 Å². The van der Waals surface area contributed by atoms with Crippen molar-refractivity contribution in [2.45, 2.75) is 26.4 Å². The van der Waals surface area contributed by atoms with Crippen molar-refractivity contribution in [3.63, 3.8) is 0 Å². The third-order valence-electron chi connectivity index (χ3n) is 3.38. The molecule has 1 aromatic heterocycles. The van der Waals surface area contributed by atoms with Crippen molar-refractivity contribution >= 4 is 47.1 Å². The molecule has 1 aromatic carbocycles. The lowest BCUT2D eigenvalue weighted by molar-refractivity contribution is -0.139. The molecule has 2 aromatic rings. The highest BCUT2D eigenvalue weighted by Crippen LogP contribution is 2.14. The Balaban J connectivity index is 1.79. The summed E-state index contributed by atoms with van der Waals surface area (Å²) in [5.74, 6) is -2.81. The molecule has 2 rings (SSSR count). The summed E-state index contributed by atoms with van der Waals surface area (Å²) in [7, 11) is 0. The standard InChI is InChI=1S/C19H20ClN5O5/c1-11(2)23-18(28)19(29)25-22-10-15-7-6-14(30-15)9-21-16(26)17(27)24-13-5-3-4-12(20)8-13/h3-8,10-11H,9H2,1-2H3,(H,21,26)(H,23,28)(H,24,27)(H,25,29)/b22-10+. The average Bonchev–Trinajstić information content (AvgIpc) is 3.13. The van der Waals surface area contributed by atoms with E-state index in [1.165, 1.54) is 18.3 Å². The predicted molar refractivity (Wildman–Crippen MR) is 110 cm³/mol. The van der Waals surface area contributed by atoms with Gasteiger partial charge in [-0.3, -0.25) is 19.2 Å². The topological polar surface area (TPSA) is 142 Å². The highest BCUT2D eigenvalue weighted by Gasteiger charge is 2.15. The first-order valence-corrected chi connectivity index (χ1v) is 9.19. The number of hydrogen-bond donors (Lipinski definition) is 4. The van der Waals surface area contributed by atoms with Crippen molar-refractivity contribution in [2.75, 3.05) is 5.32 Å². The highest BCUT2D eigenvalue weighted by atomic mass is 35.5. The molecule has 0 spiro atoms. The predicted octanol–water partition coefficient (Wildman–Crippen LogP) is 1.16. The maximum Gasteiger partial charge on any atom is 0.329 e. The monoisotopic (exact) mass is 433 g/mol. The van der Waals surface area contributed by atoms with Crippen LogP contribution in [0.4, 0.5) is 5.69 Å². The smallest absolute Gasteiger partial charge is 0.329 e. The van der Waals surface area contributed by atoms with Crippen molar-refractivity contribution in [3.8, 4) is 0 Å². The van der Waals surface area contributed by atoms with Gasteiger partial charge < -0.3 is 20.4 Å². The second kappa shape index (κ2) is 10.8.